The summed E-state index contributed by atoms with van der Waals surface area (Å²) < 4.78 is 2.15. The third kappa shape index (κ3) is 5.41. The third-order valence-corrected chi connectivity index (χ3v) is 5.79. The summed E-state index contributed by atoms with van der Waals surface area (Å²) in [6.45, 7) is 4.05. The molecule has 0 bridgehead atoms. The van der Waals surface area contributed by atoms with E-state index in [1.54, 1.807) is 43.4 Å². The number of aromatic nitrogens is 3. The fraction of sp³-hybridized carbons (Fsp3) is 0.185. The Hall–Kier alpha value is -3.97. The number of hydrogen-bond acceptors (Lipinski definition) is 4. The molecular weight excluding hydrogens is 464 g/mol. The highest BCUT2D eigenvalue weighted by Gasteiger charge is 2.23. The Bertz CT molecular complexity index is 1490. The number of nitrogens with zero attached hydrogens (tertiary/aromatic N) is 4. The van der Waals surface area contributed by atoms with Crippen molar-refractivity contribution >= 4 is 17.5 Å². The topological polar surface area (TPSA) is 77.2 Å². The molecule has 8 heteroatoms. The van der Waals surface area contributed by atoms with Gasteiger partial charge in [-0.3, -0.25) is 14.2 Å². The van der Waals surface area contributed by atoms with Crippen LogP contribution in [0.2, 0.25) is 5.02 Å². The van der Waals surface area contributed by atoms with E-state index in [4.69, 9.17) is 11.6 Å². The number of benzene rings is 3. The summed E-state index contributed by atoms with van der Waals surface area (Å²) in [7, 11) is 1.60. The first-order valence-corrected chi connectivity index (χ1v) is 11.5. The van der Waals surface area contributed by atoms with Crippen molar-refractivity contribution in [3.05, 3.63) is 127 Å². The molecule has 35 heavy (non-hydrogen) atoms. The van der Waals surface area contributed by atoms with Gasteiger partial charge in [0.25, 0.3) is 11.5 Å². The summed E-state index contributed by atoms with van der Waals surface area (Å²) in [5.41, 5.74) is 2.18. The Balaban J connectivity index is 1.85. The SMILES string of the molecule is Cc1cc(C)cc(-n2nc(C(=O)N(C)Cc3ccccc3)c(=O)n(Cc3cccc(Cl)c3)c2=O)c1. The van der Waals surface area contributed by atoms with Crippen molar-refractivity contribution < 1.29 is 4.79 Å². The molecule has 0 unspecified atom stereocenters. The molecule has 178 valence electrons. The molecule has 0 aliphatic rings. The maximum absolute atomic E-state index is 13.4. The minimum atomic E-state index is -0.750. The van der Waals surface area contributed by atoms with E-state index in [-0.39, 0.29) is 18.8 Å². The van der Waals surface area contributed by atoms with Gasteiger partial charge in [0.2, 0.25) is 5.69 Å². The quantitative estimate of drug-likeness (QED) is 0.411. The average Bonchev–Trinajstić information content (AvgIpc) is 2.81. The number of hydrogen-bond donors (Lipinski definition) is 0. The molecular formula is C27H25ClN4O3. The highest BCUT2D eigenvalue weighted by atomic mass is 35.5. The Labute approximate surface area is 207 Å². The van der Waals surface area contributed by atoms with Crippen molar-refractivity contribution in [2.75, 3.05) is 7.05 Å². The van der Waals surface area contributed by atoms with Crippen LogP contribution in [0.15, 0.2) is 82.4 Å². The standard InChI is InChI=1S/C27H25ClN4O3/c1-18-12-19(2)14-23(13-18)32-27(35)31(17-21-10-7-11-22(28)15-21)26(34)24(29-32)25(33)30(3)16-20-8-5-4-6-9-20/h4-15H,16-17H2,1-3H3. The first-order chi connectivity index (χ1) is 16.7. The van der Waals surface area contributed by atoms with E-state index in [2.05, 4.69) is 5.10 Å². The number of rotatable bonds is 6. The lowest BCUT2D eigenvalue weighted by molar-refractivity contribution is 0.0773. The average molecular weight is 489 g/mol. The number of aryl methyl sites for hydroxylation is 2. The molecule has 0 atom stereocenters. The summed E-state index contributed by atoms with van der Waals surface area (Å²) in [5.74, 6) is -0.572. The lowest BCUT2D eigenvalue weighted by Gasteiger charge is -2.18. The van der Waals surface area contributed by atoms with Gasteiger partial charge in [-0.25, -0.2) is 4.79 Å². The van der Waals surface area contributed by atoms with Crippen LogP contribution in [-0.2, 0) is 13.1 Å². The monoisotopic (exact) mass is 488 g/mol. The molecule has 4 aromatic rings. The second-order valence-electron chi connectivity index (χ2n) is 8.56. The number of halogens is 1. The van der Waals surface area contributed by atoms with Crippen molar-refractivity contribution in [2.24, 2.45) is 0 Å². The Morgan fingerprint density at radius 3 is 2.23 bits per heavy atom. The third-order valence-electron chi connectivity index (χ3n) is 5.55. The predicted octanol–water partition coefficient (Wildman–Crippen LogP) is 3.98. The van der Waals surface area contributed by atoms with Crippen molar-refractivity contribution in [3.63, 3.8) is 0 Å². The lowest BCUT2D eigenvalue weighted by atomic mass is 10.1. The van der Waals surface area contributed by atoms with E-state index in [0.29, 0.717) is 16.3 Å². The van der Waals surface area contributed by atoms with Crippen molar-refractivity contribution in [1.82, 2.24) is 19.2 Å². The van der Waals surface area contributed by atoms with E-state index < -0.39 is 17.2 Å². The fourth-order valence-electron chi connectivity index (χ4n) is 3.96. The Kier molecular flexibility index (Phi) is 6.98. The molecule has 1 aromatic heterocycles. The van der Waals surface area contributed by atoms with E-state index in [1.807, 2.05) is 50.2 Å². The van der Waals surface area contributed by atoms with Crippen LogP contribution in [0, 0.1) is 13.8 Å². The van der Waals surface area contributed by atoms with Crippen LogP contribution in [0.4, 0.5) is 0 Å². The second-order valence-corrected chi connectivity index (χ2v) is 8.99. The van der Waals surface area contributed by atoms with E-state index in [9.17, 15) is 14.4 Å². The molecule has 0 aliphatic heterocycles. The van der Waals surface area contributed by atoms with Gasteiger partial charge >= 0.3 is 5.69 Å². The number of amides is 1. The van der Waals surface area contributed by atoms with Gasteiger partial charge in [-0.05, 0) is 60.4 Å². The number of carbonyl (C=O) groups excluding carboxylic acids is 1. The molecule has 0 N–H and O–H groups in total. The predicted molar refractivity (Wildman–Crippen MR) is 136 cm³/mol. The first kappa shape index (κ1) is 24.2. The van der Waals surface area contributed by atoms with Crippen LogP contribution in [0.1, 0.15) is 32.7 Å². The molecule has 1 heterocycles. The molecule has 4 rings (SSSR count). The van der Waals surface area contributed by atoms with Crippen LogP contribution >= 0.6 is 11.6 Å². The first-order valence-electron chi connectivity index (χ1n) is 11.1. The highest BCUT2D eigenvalue weighted by molar-refractivity contribution is 6.30. The van der Waals surface area contributed by atoms with Gasteiger partial charge in [-0.1, -0.05) is 60.1 Å². The van der Waals surface area contributed by atoms with E-state index in [0.717, 1.165) is 25.9 Å². The van der Waals surface area contributed by atoms with Crippen molar-refractivity contribution in [2.45, 2.75) is 26.9 Å². The molecule has 7 nitrogen and oxygen atoms in total. The summed E-state index contributed by atoms with van der Waals surface area (Å²) in [4.78, 5) is 41.6. The van der Waals surface area contributed by atoms with E-state index >= 15 is 0 Å². The molecule has 0 aliphatic carbocycles. The minimum absolute atomic E-state index is 0.0474. The molecule has 0 radical (unpaired) electrons. The number of carbonyl (C=O) groups is 1. The molecule has 0 spiro atoms. The van der Waals surface area contributed by atoms with Gasteiger partial charge in [0.05, 0.1) is 12.2 Å². The van der Waals surface area contributed by atoms with Crippen LogP contribution in [-0.4, -0.2) is 32.2 Å². The van der Waals surface area contributed by atoms with Crippen LogP contribution in [0.5, 0.6) is 0 Å². The van der Waals surface area contributed by atoms with Crippen molar-refractivity contribution in [3.8, 4) is 5.69 Å². The summed E-state index contributed by atoms with van der Waals surface area (Å²) in [6, 6.07) is 21.9. The zero-order valence-corrected chi connectivity index (χ0v) is 20.5. The van der Waals surface area contributed by atoms with Gasteiger partial charge in [0.1, 0.15) is 0 Å². The molecule has 1 amide bonds. The van der Waals surface area contributed by atoms with E-state index in [1.165, 1.54) is 4.90 Å². The highest BCUT2D eigenvalue weighted by Crippen LogP contribution is 2.13. The largest absolute Gasteiger partial charge is 0.352 e. The second kappa shape index (κ2) is 10.1. The van der Waals surface area contributed by atoms with Crippen LogP contribution in [0.25, 0.3) is 5.69 Å². The van der Waals surface area contributed by atoms with Crippen molar-refractivity contribution in [1.29, 1.82) is 0 Å². The zero-order valence-electron chi connectivity index (χ0n) is 19.7. The van der Waals surface area contributed by atoms with Crippen LogP contribution in [0.3, 0.4) is 0 Å². The van der Waals surface area contributed by atoms with Gasteiger partial charge in [0.15, 0.2) is 0 Å². The van der Waals surface area contributed by atoms with Gasteiger partial charge in [-0.2, -0.15) is 9.78 Å². The van der Waals surface area contributed by atoms with Gasteiger partial charge in [0, 0.05) is 18.6 Å². The molecule has 0 saturated carbocycles. The maximum Gasteiger partial charge on any atom is 0.352 e. The minimum Gasteiger partial charge on any atom is -0.336 e. The maximum atomic E-state index is 13.4. The molecule has 0 saturated heterocycles. The molecule has 0 fully saturated rings. The van der Waals surface area contributed by atoms with Crippen LogP contribution < -0.4 is 11.2 Å². The summed E-state index contributed by atoms with van der Waals surface area (Å²) in [5, 5.41) is 4.74. The fourth-order valence-corrected chi connectivity index (χ4v) is 4.17. The Morgan fingerprint density at radius 1 is 0.914 bits per heavy atom. The zero-order chi connectivity index (χ0) is 25.1. The van der Waals surface area contributed by atoms with Gasteiger partial charge in [-0.15, -0.1) is 0 Å². The van der Waals surface area contributed by atoms with Gasteiger partial charge < -0.3 is 4.90 Å². The summed E-state index contributed by atoms with van der Waals surface area (Å²) in [6.07, 6.45) is 0. The lowest BCUT2D eigenvalue weighted by Crippen LogP contribution is -2.46. The summed E-state index contributed by atoms with van der Waals surface area (Å²) >= 11 is 6.11. The molecule has 3 aromatic carbocycles. The smallest absolute Gasteiger partial charge is 0.336 e. The Morgan fingerprint density at radius 2 is 1.57 bits per heavy atom. The normalized spacial score (nSPS) is 10.9.